The third-order valence-corrected chi connectivity index (χ3v) is 3.37. The van der Waals surface area contributed by atoms with Gasteiger partial charge in [-0.25, -0.2) is 0 Å². The highest BCUT2D eigenvalue weighted by Crippen LogP contribution is 2.25. The van der Waals surface area contributed by atoms with Crippen molar-refractivity contribution >= 4 is 12.4 Å². The number of fused-ring (bicyclic) bond motifs is 1. The zero-order valence-electron chi connectivity index (χ0n) is 8.83. The van der Waals surface area contributed by atoms with Gasteiger partial charge in [0.1, 0.15) is 0 Å². The van der Waals surface area contributed by atoms with E-state index in [1.807, 2.05) is 0 Å². The van der Waals surface area contributed by atoms with Crippen LogP contribution >= 0.6 is 12.4 Å². The van der Waals surface area contributed by atoms with E-state index < -0.39 is 0 Å². The van der Waals surface area contributed by atoms with Gasteiger partial charge in [-0.05, 0) is 50.3 Å². The van der Waals surface area contributed by atoms with Crippen LogP contribution in [0.1, 0.15) is 42.3 Å². The molecule has 0 bridgehead atoms. The summed E-state index contributed by atoms with van der Waals surface area (Å²) in [6, 6.07) is 5.03. The molecule has 1 aromatic heterocycles. The zero-order chi connectivity index (χ0) is 9.38. The van der Waals surface area contributed by atoms with E-state index >= 15 is 0 Å². The van der Waals surface area contributed by atoms with Gasteiger partial charge < -0.3 is 5.32 Å². The molecule has 1 aliphatic heterocycles. The van der Waals surface area contributed by atoms with E-state index in [0.29, 0.717) is 6.04 Å². The van der Waals surface area contributed by atoms with Gasteiger partial charge in [-0.15, -0.1) is 12.4 Å². The third-order valence-electron chi connectivity index (χ3n) is 3.37. The van der Waals surface area contributed by atoms with Crippen molar-refractivity contribution in [2.24, 2.45) is 0 Å². The average molecular weight is 225 g/mol. The van der Waals surface area contributed by atoms with Gasteiger partial charge in [0.2, 0.25) is 0 Å². The Bertz CT molecular complexity index is 345. The molecule has 0 spiro atoms. The molecule has 3 rings (SSSR count). The lowest BCUT2D eigenvalue weighted by atomic mass is 10.1. The summed E-state index contributed by atoms with van der Waals surface area (Å²) < 4.78 is 0. The summed E-state index contributed by atoms with van der Waals surface area (Å²) >= 11 is 0. The Balaban J connectivity index is 0.000000853. The summed E-state index contributed by atoms with van der Waals surface area (Å²) in [6.45, 7) is 1.16. The van der Waals surface area contributed by atoms with Gasteiger partial charge in [-0.1, -0.05) is 6.07 Å². The van der Waals surface area contributed by atoms with E-state index in [1.165, 1.54) is 49.1 Å². The van der Waals surface area contributed by atoms with Crippen molar-refractivity contribution in [3.63, 3.8) is 0 Å². The molecule has 15 heavy (non-hydrogen) atoms. The second-order valence-corrected chi connectivity index (χ2v) is 4.34. The van der Waals surface area contributed by atoms with Gasteiger partial charge in [0.15, 0.2) is 0 Å². The van der Waals surface area contributed by atoms with Crippen molar-refractivity contribution in [3.05, 3.63) is 29.1 Å². The Morgan fingerprint density at radius 1 is 1.20 bits per heavy atom. The molecule has 1 aromatic rings. The molecule has 2 nitrogen and oxygen atoms in total. The van der Waals surface area contributed by atoms with E-state index in [0.717, 1.165) is 6.54 Å². The number of hydrogen-bond acceptors (Lipinski definition) is 2. The van der Waals surface area contributed by atoms with Crippen LogP contribution in [-0.2, 0) is 12.8 Å². The zero-order valence-corrected chi connectivity index (χ0v) is 9.65. The number of hydrogen-bond donors (Lipinski definition) is 1. The number of aryl methyl sites for hydroxylation is 2. The normalized spacial score (nSPS) is 23.6. The summed E-state index contributed by atoms with van der Waals surface area (Å²) in [5.74, 6) is 0. The van der Waals surface area contributed by atoms with Crippen molar-refractivity contribution in [2.45, 2.75) is 38.1 Å². The third kappa shape index (κ3) is 2.01. The maximum Gasteiger partial charge on any atom is 0.0576 e. The summed E-state index contributed by atoms with van der Waals surface area (Å²) in [4.78, 5) is 4.77. The van der Waals surface area contributed by atoms with Crippen LogP contribution < -0.4 is 5.32 Å². The number of halogens is 1. The Labute approximate surface area is 96.9 Å². The van der Waals surface area contributed by atoms with Crippen LogP contribution in [0.2, 0.25) is 0 Å². The number of nitrogens with zero attached hydrogens (tertiary/aromatic N) is 1. The molecule has 1 N–H and O–H groups in total. The molecule has 1 aliphatic carbocycles. The topological polar surface area (TPSA) is 24.9 Å². The number of pyridine rings is 1. The smallest absolute Gasteiger partial charge is 0.0576 e. The van der Waals surface area contributed by atoms with E-state index in [4.69, 9.17) is 4.98 Å². The summed E-state index contributed by atoms with van der Waals surface area (Å²) in [5, 5.41) is 3.50. The van der Waals surface area contributed by atoms with Gasteiger partial charge in [0.25, 0.3) is 0 Å². The number of nitrogens with one attached hydrogen (secondary N) is 1. The second-order valence-electron chi connectivity index (χ2n) is 4.34. The predicted octanol–water partition coefficient (Wildman–Crippen LogP) is 2.42. The minimum absolute atomic E-state index is 0. The van der Waals surface area contributed by atoms with Crippen LogP contribution in [0.5, 0.6) is 0 Å². The Kier molecular flexibility index (Phi) is 3.27. The molecule has 0 amide bonds. The molecule has 3 heteroatoms. The van der Waals surface area contributed by atoms with Crippen LogP contribution in [0, 0.1) is 0 Å². The van der Waals surface area contributed by atoms with E-state index in [2.05, 4.69) is 17.4 Å². The average Bonchev–Trinajstić information content (AvgIpc) is 2.88. The first-order valence-electron chi connectivity index (χ1n) is 5.65. The van der Waals surface area contributed by atoms with Crippen molar-refractivity contribution < 1.29 is 0 Å². The standard InChI is InChI=1S/C12H16N2.ClH/c1-3-9-6-7-12(14-10(9)4-1)11-5-2-8-13-11;/h6-7,11,13H,1-5,8H2;1H. The molecular formula is C12H17ClN2. The highest BCUT2D eigenvalue weighted by molar-refractivity contribution is 5.85. The lowest BCUT2D eigenvalue weighted by Crippen LogP contribution is -2.14. The van der Waals surface area contributed by atoms with Crippen molar-refractivity contribution in [1.29, 1.82) is 0 Å². The van der Waals surface area contributed by atoms with E-state index in [-0.39, 0.29) is 12.4 Å². The van der Waals surface area contributed by atoms with Crippen LogP contribution in [0.25, 0.3) is 0 Å². The lowest BCUT2D eigenvalue weighted by molar-refractivity contribution is 0.624. The summed E-state index contributed by atoms with van der Waals surface area (Å²) in [5.41, 5.74) is 4.10. The first-order valence-corrected chi connectivity index (χ1v) is 5.65. The molecule has 2 aliphatic rings. The van der Waals surface area contributed by atoms with Gasteiger partial charge >= 0.3 is 0 Å². The largest absolute Gasteiger partial charge is 0.309 e. The molecule has 0 aromatic carbocycles. The first-order chi connectivity index (χ1) is 6.93. The van der Waals surface area contributed by atoms with Crippen molar-refractivity contribution in [1.82, 2.24) is 10.3 Å². The molecule has 82 valence electrons. The van der Waals surface area contributed by atoms with Crippen molar-refractivity contribution in [3.8, 4) is 0 Å². The number of rotatable bonds is 1. The molecule has 2 heterocycles. The van der Waals surface area contributed by atoms with Crippen LogP contribution in [0.3, 0.4) is 0 Å². The Hall–Kier alpha value is -0.600. The van der Waals surface area contributed by atoms with Gasteiger partial charge in [-0.3, -0.25) is 4.98 Å². The van der Waals surface area contributed by atoms with E-state index in [9.17, 15) is 0 Å². The quantitative estimate of drug-likeness (QED) is 0.793. The van der Waals surface area contributed by atoms with Gasteiger partial charge in [0.05, 0.1) is 5.69 Å². The van der Waals surface area contributed by atoms with Crippen molar-refractivity contribution in [2.75, 3.05) is 6.54 Å². The summed E-state index contributed by atoms with van der Waals surface area (Å²) in [7, 11) is 0. The molecular weight excluding hydrogens is 208 g/mol. The maximum atomic E-state index is 4.77. The molecule has 1 unspecified atom stereocenters. The minimum Gasteiger partial charge on any atom is -0.309 e. The molecule has 1 atom stereocenters. The van der Waals surface area contributed by atoms with Gasteiger partial charge in [0, 0.05) is 11.7 Å². The predicted molar refractivity (Wildman–Crippen MR) is 63.5 cm³/mol. The monoisotopic (exact) mass is 224 g/mol. The highest BCUT2D eigenvalue weighted by Gasteiger charge is 2.19. The molecule has 1 fully saturated rings. The summed E-state index contributed by atoms with van der Waals surface area (Å²) in [6.07, 6.45) is 6.27. The SMILES string of the molecule is Cl.c1cc2c(nc1C1CCCN1)CCC2. The minimum atomic E-state index is 0. The Morgan fingerprint density at radius 2 is 2.13 bits per heavy atom. The fraction of sp³-hybridized carbons (Fsp3) is 0.583. The molecule has 0 saturated carbocycles. The fourth-order valence-electron chi connectivity index (χ4n) is 2.57. The fourth-order valence-corrected chi connectivity index (χ4v) is 2.57. The van der Waals surface area contributed by atoms with Crippen LogP contribution in [0.15, 0.2) is 12.1 Å². The maximum absolute atomic E-state index is 4.77. The second kappa shape index (κ2) is 4.50. The Morgan fingerprint density at radius 3 is 2.93 bits per heavy atom. The molecule has 1 saturated heterocycles. The van der Waals surface area contributed by atoms with Crippen LogP contribution in [-0.4, -0.2) is 11.5 Å². The molecule has 0 radical (unpaired) electrons. The van der Waals surface area contributed by atoms with Crippen LogP contribution in [0.4, 0.5) is 0 Å². The lowest BCUT2D eigenvalue weighted by Gasteiger charge is -2.10. The highest BCUT2D eigenvalue weighted by atomic mass is 35.5. The van der Waals surface area contributed by atoms with E-state index in [1.54, 1.807) is 0 Å². The number of aromatic nitrogens is 1. The van der Waals surface area contributed by atoms with Gasteiger partial charge in [-0.2, -0.15) is 0 Å². The first kappa shape index (κ1) is 10.9.